The van der Waals surface area contributed by atoms with Gasteiger partial charge in [-0.2, -0.15) is 10.4 Å². The van der Waals surface area contributed by atoms with Gasteiger partial charge in [0.1, 0.15) is 17.9 Å². The van der Waals surface area contributed by atoms with Crippen molar-refractivity contribution < 1.29 is 14.3 Å². The number of rotatable bonds is 4. The van der Waals surface area contributed by atoms with Gasteiger partial charge in [-0.05, 0) is 71.1 Å². The first-order chi connectivity index (χ1) is 16.1. The van der Waals surface area contributed by atoms with Crippen LogP contribution in [-0.2, 0) is 15.0 Å². The molecule has 1 atom stereocenters. The van der Waals surface area contributed by atoms with Gasteiger partial charge in [-0.25, -0.2) is 9.48 Å². The predicted octanol–water partition coefficient (Wildman–Crippen LogP) is 6.03. The molecule has 2 heterocycles. The number of carbonyl (C=O) groups is 1. The van der Waals surface area contributed by atoms with Gasteiger partial charge in [0.2, 0.25) is 0 Å². The van der Waals surface area contributed by atoms with Crippen molar-refractivity contribution in [2.75, 3.05) is 6.61 Å². The topological polar surface area (TPSA) is 89.2 Å². The van der Waals surface area contributed by atoms with E-state index in [4.69, 9.17) is 9.47 Å². The molecule has 34 heavy (non-hydrogen) atoms. The van der Waals surface area contributed by atoms with Gasteiger partial charge in [-0.3, -0.25) is 0 Å². The Bertz CT molecular complexity index is 1220. The number of nitrogens with zero attached hydrogens (tertiary/aromatic N) is 3. The number of alkyl carbamates (subject to hydrolysis) is 1. The van der Waals surface area contributed by atoms with Crippen LogP contribution in [0.15, 0.2) is 42.6 Å². The molecule has 0 bridgehead atoms. The second kappa shape index (κ2) is 9.11. The first kappa shape index (κ1) is 23.8. The van der Waals surface area contributed by atoms with Crippen LogP contribution in [0.3, 0.4) is 0 Å². The van der Waals surface area contributed by atoms with E-state index in [2.05, 4.69) is 16.5 Å². The maximum Gasteiger partial charge on any atom is 0.408 e. The first-order valence-corrected chi connectivity index (χ1v) is 11.7. The first-order valence-electron chi connectivity index (χ1n) is 11.7. The van der Waals surface area contributed by atoms with Crippen LogP contribution in [-0.4, -0.2) is 28.1 Å². The minimum absolute atomic E-state index is 0.0740. The second-order valence-corrected chi connectivity index (χ2v) is 10.3. The van der Waals surface area contributed by atoms with Crippen molar-refractivity contribution in [1.29, 1.82) is 5.26 Å². The van der Waals surface area contributed by atoms with Crippen molar-refractivity contribution in [3.8, 4) is 17.2 Å². The minimum atomic E-state index is -0.621. The van der Waals surface area contributed by atoms with Crippen molar-refractivity contribution in [1.82, 2.24) is 15.1 Å². The highest BCUT2D eigenvalue weighted by molar-refractivity contribution is 5.92. The molecule has 1 fully saturated rings. The third kappa shape index (κ3) is 5.07. The van der Waals surface area contributed by atoms with Gasteiger partial charge in [0.15, 0.2) is 0 Å². The van der Waals surface area contributed by atoms with Crippen molar-refractivity contribution in [3.63, 3.8) is 0 Å². The zero-order valence-corrected chi connectivity index (χ0v) is 20.5. The minimum Gasteiger partial charge on any atom is -0.444 e. The average molecular weight is 461 g/mol. The summed E-state index contributed by atoms with van der Waals surface area (Å²) in [5.41, 5.74) is 2.91. The highest BCUT2D eigenvalue weighted by Gasteiger charge is 2.26. The summed E-state index contributed by atoms with van der Waals surface area (Å²) in [4.78, 5) is 12.3. The van der Waals surface area contributed by atoms with Gasteiger partial charge < -0.3 is 14.8 Å². The molecular weight excluding hydrogens is 428 g/mol. The van der Waals surface area contributed by atoms with Crippen LogP contribution < -0.4 is 5.32 Å². The molecule has 0 aliphatic carbocycles. The number of aromatic nitrogens is 2. The van der Waals surface area contributed by atoms with Crippen molar-refractivity contribution in [2.24, 2.45) is 0 Å². The Morgan fingerprint density at radius 2 is 1.88 bits per heavy atom. The van der Waals surface area contributed by atoms with Crippen LogP contribution in [0.1, 0.15) is 71.2 Å². The monoisotopic (exact) mass is 460 g/mol. The Kier molecular flexibility index (Phi) is 6.37. The van der Waals surface area contributed by atoms with Gasteiger partial charge in [0.05, 0.1) is 16.6 Å². The smallest absolute Gasteiger partial charge is 0.408 e. The molecule has 3 aromatic rings. The van der Waals surface area contributed by atoms with E-state index in [1.807, 2.05) is 81.9 Å². The Balaban J connectivity index is 1.60. The Hall–Kier alpha value is -3.37. The standard InChI is InChI=1S/C27H32N4O3/c1-26(2,3)34-25(32)29-27(4,5)19-11-9-18(10-12-19)20-13-14-23-22(21(20)16-28)17-31(30-23)24-8-6-7-15-33-24/h9-14,17,24H,6-8,15H2,1-5H3,(H,29,32). The molecule has 1 aliphatic heterocycles. The van der Waals surface area contributed by atoms with Gasteiger partial charge in [-0.15, -0.1) is 0 Å². The maximum absolute atomic E-state index is 12.3. The molecular formula is C27H32N4O3. The van der Waals surface area contributed by atoms with Gasteiger partial charge in [-0.1, -0.05) is 30.3 Å². The van der Waals surface area contributed by atoms with Gasteiger partial charge in [0, 0.05) is 23.8 Å². The lowest BCUT2D eigenvalue weighted by Crippen LogP contribution is -2.43. The molecule has 7 nitrogen and oxygen atoms in total. The molecule has 7 heteroatoms. The number of amides is 1. The lowest BCUT2D eigenvalue weighted by Gasteiger charge is -2.29. The molecule has 2 aromatic carbocycles. The summed E-state index contributed by atoms with van der Waals surface area (Å²) in [6, 6.07) is 14.2. The van der Waals surface area contributed by atoms with E-state index in [0.29, 0.717) is 5.56 Å². The summed E-state index contributed by atoms with van der Waals surface area (Å²) in [6.07, 6.45) is 4.51. The summed E-state index contributed by atoms with van der Waals surface area (Å²) < 4.78 is 13.1. The predicted molar refractivity (Wildman–Crippen MR) is 131 cm³/mol. The number of hydrogen-bond acceptors (Lipinski definition) is 5. The quantitative estimate of drug-likeness (QED) is 0.513. The van der Waals surface area contributed by atoms with E-state index < -0.39 is 17.2 Å². The fraction of sp³-hybridized carbons (Fsp3) is 0.444. The van der Waals surface area contributed by atoms with Crippen molar-refractivity contribution >= 4 is 17.0 Å². The Labute approximate surface area is 200 Å². The van der Waals surface area contributed by atoms with Crippen LogP contribution in [0.5, 0.6) is 0 Å². The molecule has 0 saturated carbocycles. The van der Waals surface area contributed by atoms with E-state index >= 15 is 0 Å². The van der Waals surface area contributed by atoms with E-state index in [1.54, 1.807) is 0 Å². The molecule has 0 spiro atoms. The lowest BCUT2D eigenvalue weighted by atomic mass is 9.91. The molecule has 1 saturated heterocycles. The number of hydrogen-bond donors (Lipinski definition) is 1. The van der Waals surface area contributed by atoms with E-state index in [-0.39, 0.29) is 6.23 Å². The molecule has 1 amide bonds. The average Bonchev–Trinajstić information content (AvgIpc) is 3.22. The number of nitriles is 1. The van der Waals surface area contributed by atoms with Crippen LogP contribution in [0, 0.1) is 11.3 Å². The normalized spacial score (nSPS) is 16.8. The van der Waals surface area contributed by atoms with Crippen molar-refractivity contribution in [3.05, 3.63) is 53.7 Å². The fourth-order valence-electron chi connectivity index (χ4n) is 4.25. The molecule has 4 rings (SSSR count). The van der Waals surface area contributed by atoms with E-state index in [9.17, 15) is 10.1 Å². The van der Waals surface area contributed by atoms with Gasteiger partial charge in [0.25, 0.3) is 0 Å². The maximum atomic E-state index is 12.3. The summed E-state index contributed by atoms with van der Waals surface area (Å²) in [7, 11) is 0. The Morgan fingerprint density at radius 3 is 2.50 bits per heavy atom. The third-order valence-corrected chi connectivity index (χ3v) is 6.00. The molecule has 1 aliphatic rings. The summed E-state index contributed by atoms with van der Waals surface area (Å²) >= 11 is 0. The van der Waals surface area contributed by atoms with Crippen LogP contribution >= 0.6 is 0 Å². The third-order valence-electron chi connectivity index (χ3n) is 6.00. The number of ether oxygens (including phenoxy) is 2. The lowest BCUT2D eigenvalue weighted by molar-refractivity contribution is -0.0390. The number of fused-ring (bicyclic) bond motifs is 1. The largest absolute Gasteiger partial charge is 0.444 e. The molecule has 1 unspecified atom stereocenters. The van der Waals surface area contributed by atoms with E-state index in [1.165, 1.54) is 0 Å². The summed E-state index contributed by atoms with van der Waals surface area (Å²) in [6.45, 7) is 10.1. The zero-order valence-electron chi connectivity index (χ0n) is 20.5. The molecule has 178 valence electrons. The number of carbonyl (C=O) groups excluding carboxylic acids is 1. The molecule has 1 aromatic heterocycles. The molecule has 1 N–H and O–H groups in total. The van der Waals surface area contributed by atoms with Crippen LogP contribution in [0.2, 0.25) is 0 Å². The fourth-order valence-corrected chi connectivity index (χ4v) is 4.25. The van der Waals surface area contributed by atoms with Crippen molar-refractivity contribution in [2.45, 2.75) is 71.2 Å². The van der Waals surface area contributed by atoms with Gasteiger partial charge >= 0.3 is 6.09 Å². The summed E-state index contributed by atoms with van der Waals surface area (Å²) in [5.74, 6) is 0. The number of nitrogens with one attached hydrogen (secondary N) is 1. The highest BCUT2D eigenvalue weighted by atomic mass is 16.6. The van der Waals surface area contributed by atoms with Crippen LogP contribution in [0.4, 0.5) is 4.79 Å². The summed E-state index contributed by atoms with van der Waals surface area (Å²) in [5, 5.41) is 18.4. The SMILES string of the molecule is CC(C)(C)OC(=O)NC(C)(C)c1ccc(-c2ccc3nn(C4CCCCO4)cc3c2C#N)cc1. The molecule has 0 radical (unpaired) electrons. The Morgan fingerprint density at radius 1 is 1.15 bits per heavy atom. The van der Waals surface area contributed by atoms with E-state index in [0.717, 1.165) is 53.5 Å². The second-order valence-electron chi connectivity index (χ2n) is 10.3. The zero-order chi connectivity index (χ0) is 24.5. The number of benzene rings is 2. The highest BCUT2D eigenvalue weighted by Crippen LogP contribution is 2.33. The van der Waals surface area contributed by atoms with Crippen LogP contribution in [0.25, 0.3) is 22.0 Å².